The number of ether oxygens (including phenoxy) is 8. The molecule has 0 aromatic rings. The minimum atomic E-state index is -0.125. The molecule has 1 N–H and O–H groups in total. The fourth-order valence-electron chi connectivity index (χ4n) is 3.25. The van der Waals surface area contributed by atoms with Crippen molar-refractivity contribution in [3.8, 4) is 0 Å². The summed E-state index contributed by atoms with van der Waals surface area (Å²) in [6.45, 7) is 19.0. The van der Waals surface area contributed by atoms with Gasteiger partial charge >= 0.3 is 11.9 Å². The maximum Gasteiger partial charge on any atom is 0.308 e. The third-order valence-electron chi connectivity index (χ3n) is 6.49. The van der Waals surface area contributed by atoms with Crippen molar-refractivity contribution in [3.63, 3.8) is 0 Å². The number of hydrogen-bond acceptors (Lipinski definition) is 11. The summed E-state index contributed by atoms with van der Waals surface area (Å²) in [6.07, 6.45) is 8.39. The maximum absolute atomic E-state index is 11.5. The Morgan fingerprint density at radius 3 is 0.918 bits per heavy atom. The van der Waals surface area contributed by atoms with E-state index in [9.17, 15) is 9.59 Å². The van der Waals surface area contributed by atoms with Crippen LogP contribution in [0.4, 0.5) is 0 Å². The minimum absolute atomic E-state index is 0. The highest BCUT2D eigenvalue weighted by Gasteiger charge is 2.11. The van der Waals surface area contributed by atoms with Crippen LogP contribution in [0.25, 0.3) is 0 Å². The lowest BCUT2D eigenvalue weighted by Crippen LogP contribution is -2.15. The topological polar surface area (TPSA) is 128 Å². The number of aliphatic hydroxyl groups is 1. The zero-order valence-corrected chi connectivity index (χ0v) is 29.4. The summed E-state index contributed by atoms with van der Waals surface area (Å²) in [7, 11) is 0. The second-order valence-corrected chi connectivity index (χ2v) is 10.8. The molecule has 302 valence electrons. The normalized spacial score (nSPS) is 11.3. The van der Waals surface area contributed by atoms with E-state index in [1.54, 1.807) is 0 Å². The molecule has 0 amide bonds. The maximum atomic E-state index is 11.5. The van der Waals surface area contributed by atoms with E-state index in [1.165, 1.54) is 0 Å². The van der Waals surface area contributed by atoms with E-state index in [0.717, 1.165) is 57.8 Å². The van der Waals surface area contributed by atoms with E-state index in [0.29, 0.717) is 98.9 Å². The summed E-state index contributed by atoms with van der Waals surface area (Å²) in [4.78, 5) is 22.4. The average molecular weight is 717 g/mol. The Hall–Kier alpha value is -1.34. The second kappa shape index (κ2) is 51.0. The fourth-order valence-corrected chi connectivity index (χ4v) is 3.25. The van der Waals surface area contributed by atoms with Crippen LogP contribution in [0.5, 0.6) is 0 Å². The Bertz CT molecular complexity index is 608. The van der Waals surface area contributed by atoms with Gasteiger partial charge in [0, 0.05) is 92.3 Å². The van der Waals surface area contributed by atoms with E-state index in [2.05, 4.69) is 0 Å². The molecule has 2 atom stereocenters. The first kappa shape index (κ1) is 59.8. The van der Waals surface area contributed by atoms with E-state index in [1.807, 2.05) is 34.6 Å². The van der Waals surface area contributed by atoms with Gasteiger partial charge in [0.15, 0.2) is 0 Å². The van der Waals surface area contributed by atoms with Gasteiger partial charge in [-0.3, -0.25) is 9.59 Å². The van der Waals surface area contributed by atoms with Gasteiger partial charge in [-0.1, -0.05) is 64.3 Å². The van der Waals surface area contributed by atoms with Crippen molar-refractivity contribution >= 4 is 11.9 Å². The quantitative estimate of drug-likeness (QED) is 0.0525. The number of hydrogen-bond donors (Lipinski definition) is 1. The predicted molar refractivity (Wildman–Crippen MR) is 202 cm³/mol. The molecular weight excluding hydrogens is 632 g/mol. The van der Waals surface area contributed by atoms with Crippen LogP contribution in [0.3, 0.4) is 0 Å². The van der Waals surface area contributed by atoms with Gasteiger partial charge in [0.2, 0.25) is 0 Å². The molecule has 11 heteroatoms. The van der Waals surface area contributed by atoms with Crippen LogP contribution >= 0.6 is 0 Å². The summed E-state index contributed by atoms with van der Waals surface area (Å²) in [5, 5.41) is 8.64. The number of carbonyl (C=O) groups excluding carboxylic acids is 2. The Kier molecular flexibility index (Phi) is 62.3. The van der Waals surface area contributed by atoms with Crippen molar-refractivity contribution in [2.45, 2.75) is 129 Å². The summed E-state index contributed by atoms with van der Waals surface area (Å²) in [5.41, 5.74) is 0. The third kappa shape index (κ3) is 48.8. The zero-order chi connectivity index (χ0) is 33.6. The largest absolute Gasteiger partial charge is 0.465 e. The molecule has 0 saturated heterocycles. The second-order valence-electron chi connectivity index (χ2n) is 10.8. The molecule has 0 rings (SSSR count). The number of carbonyl (C=O) groups is 2. The van der Waals surface area contributed by atoms with Gasteiger partial charge < -0.3 is 43.0 Å². The summed E-state index contributed by atoms with van der Waals surface area (Å²) in [6, 6.07) is 0. The molecular formula is C38H84O11. The molecule has 0 heterocycles. The SMILES string of the molecule is C.C.C.C.CCC(C)C(=O)OCCCOCCCOCCCOCCCOCCCOCCCOCCCO.CCCOC(=O)C(C)CC. The average Bonchev–Trinajstić information content (AvgIpc) is 3.06. The summed E-state index contributed by atoms with van der Waals surface area (Å²) >= 11 is 0. The van der Waals surface area contributed by atoms with Gasteiger partial charge in [0.1, 0.15) is 0 Å². The number of esters is 2. The van der Waals surface area contributed by atoms with E-state index in [-0.39, 0.29) is 60.1 Å². The van der Waals surface area contributed by atoms with Crippen molar-refractivity contribution in [1.82, 2.24) is 0 Å². The zero-order valence-electron chi connectivity index (χ0n) is 29.4. The third-order valence-corrected chi connectivity index (χ3v) is 6.49. The molecule has 2 unspecified atom stereocenters. The molecule has 49 heavy (non-hydrogen) atoms. The van der Waals surface area contributed by atoms with Gasteiger partial charge in [-0.05, 0) is 57.8 Å². The molecule has 0 aliphatic rings. The van der Waals surface area contributed by atoms with Gasteiger partial charge in [-0.2, -0.15) is 0 Å². The molecule has 0 aromatic carbocycles. The predicted octanol–water partition coefficient (Wildman–Crippen LogP) is 7.93. The molecule has 0 aliphatic heterocycles. The Labute approximate surface area is 303 Å². The Morgan fingerprint density at radius 2 is 0.673 bits per heavy atom. The Balaban J connectivity index is -0.000000286. The molecule has 11 nitrogen and oxygen atoms in total. The molecule has 0 spiro atoms. The monoisotopic (exact) mass is 717 g/mol. The van der Waals surface area contributed by atoms with Gasteiger partial charge in [0.25, 0.3) is 0 Å². The number of aliphatic hydroxyl groups excluding tert-OH is 1. The molecule has 0 aliphatic carbocycles. The first-order valence-electron chi connectivity index (χ1n) is 17.3. The van der Waals surface area contributed by atoms with Gasteiger partial charge in [0.05, 0.1) is 25.0 Å². The first-order valence-corrected chi connectivity index (χ1v) is 17.3. The lowest BCUT2D eigenvalue weighted by atomic mass is 10.1. The van der Waals surface area contributed by atoms with Crippen molar-refractivity contribution in [1.29, 1.82) is 0 Å². The van der Waals surface area contributed by atoms with Crippen LogP contribution in [-0.4, -0.2) is 116 Å². The minimum Gasteiger partial charge on any atom is -0.465 e. The lowest BCUT2D eigenvalue weighted by molar-refractivity contribution is -0.149. The van der Waals surface area contributed by atoms with E-state index in [4.69, 9.17) is 43.0 Å². The molecule has 0 fully saturated rings. The molecule has 0 radical (unpaired) electrons. The van der Waals surface area contributed by atoms with Crippen LogP contribution in [0.15, 0.2) is 0 Å². The molecule has 0 aromatic heterocycles. The van der Waals surface area contributed by atoms with Crippen LogP contribution in [0.1, 0.15) is 129 Å². The number of rotatable bonds is 33. The van der Waals surface area contributed by atoms with Crippen LogP contribution < -0.4 is 0 Å². The van der Waals surface area contributed by atoms with E-state index >= 15 is 0 Å². The van der Waals surface area contributed by atoms with Gasteiger partial charge in [-0.25, -0.2) is 0 Å². The summed E-state index contributed by atoms with van der Waals surface area (Å²) < 4.78 is 43.2. The smallest absolute Gasteiger partial charge is 0.308 e. The van der Waals surface area contributed by atoms with E-state index < -0.39 is 0 Å². The van der Waals surface area contributed by atoms with Crippen molar-refractivity contribution < 1.29 is 52.6 Å². The molecule has 0 saturated carbocycles. The summed E-state index contributed by atoms with van der Waals surface area (Å²) in [5.74, 6) is -0.156. The highest BCUT2D eigenvalue weighted by Crippen LogP contribution is 2.04. The highest BCUT2D eigenvalue weighted by atomic mass is 16.5. The lowest BCUT2D eigenvalue weighted by Gasteiger charge is -2.09. The Morgan fingerprint density at radius 1 is 0.429 bits per heavy atom. The van der Waals surface area contributed by atoms with Crippen LogP contribution in [0.2, 0.25) is 0 Å². The van der Waals surface area contributed by atoms with Gasteiger partial charge in [-0.15, -0.1) is 0 Å². The fraction of sp³-hybridized carbons (Fsp3) is 0.947. The first-order chi connectivity index (χ1) is 21.9. The van der Waals surface area contributed by atoms with Crippen molar-refractivity contribution in [2.75, 3.05) is 99.1 Å². The highest BCUT2D eigenvalue weighted by molar-refractivity contribution is 5.72. The van der Waals surface area contributed by atoms with Crippen molar-refractivity contribution in [2.24, 2.45) is 11.8 Å². The van der Waals surface area contributed by atoms with Crippen LogP contribution in [0, 0.1) is 11.8 Å². The van der Waals surface area contributed by atoms with Crippen LogP contribution in [-0.2, 0) is 47.5 Å². The molecule has 0 bridgehead atoms. The van der Waals surface area contributed by atoms with Crippen molar-refractivity contribution in [3.05, 3.63) is 0 Å². The standard InChI is InChI=1S/C26H52O9.C8H16O2.4CH4/c1-3-25(2)26(28)35-24-10-23-34-22-9-21-33-20-8-19-32-18-7-17-31-16-6-15-30-14-5-13-29-12-4-11-27;1-4-6-10-8(9)7(3)5-2;;;;/h25,27H,3-24H2,1-2H3;7H,4-6H2,1-3H3;4*1H4.